The Hall–Kier alpha value is -1.78. The van der Waals surface area contributed by atoms with Crippen molar-refractivity contribution >= 4 is 11.4 Å². The summed E-state index contributed by atoms with van der Waals surface area (Å²) >= 11 is 0. The summed E-state index contributed by atoms with van der Waals surface area (Å²) in [6.45, 7) is 0. The quantitative estimate of drug-likeness (QED) is 0.659. The molecular formula is C6H4N2O3. The van der Waals surface area contributed by atoms with Crippen LogP contribution < -0.4 is 0 Å². The van der Waals surface area contributed by atoms with Crippen molar-refractivity contribution in [2.75, 3.05) is 0 Å². The summed E-state index contributed by atoms with van der Waals surface area (Å²) in [5, 5.41) is 13.9. The molecule has 0 atom stereocenters. The van der Waals surface area contributed by atoms with Crippen molar-refractivity contribution in [3.05, 3.63) is 28.0 Å². The average Bonchev–Trinajstić information content (AvgIpc) is 2.03. The lowest BCUT2D eigenvalue weighted by Gasteiger charge is -1.92. The van der Waals surface area contributed by atoms with Crippen LogP contribution in [0.25, 0.3) is 0 Å². The number of phenols is 1. The summed E-state index contributed by atoms with van der Waals surface area (Å²) in [4.78, 5) is 19.8. The highest BCUT2D eigenvalue weighted by Crippen LogP contribution is 2.26. The third-order valence-corrected chi connectivity index (χ3v) is 1.10. The lowest BCUT2D eigenvalue weighted by Crippen LogP contribution is -1.65. The predicted octanol–water partition coefficient (Wildman–Crippen LogP) is 2.19. The Labute approximate surface area is 61.6 Å². The first kappa shape index (κ1) is 7.33. The summed E-state index contributed by atoms with van der Waals surface area (Å²) in [5.74, 6) is -0.197. The van der Waals surface area contributed by atoms with E-state index in [1.165, 1.54) is 6.07 Å². The third kappa shape index (κ3) is 1.57. The minimum absolute atomic E-state index is 0.0143. The maximum absolute atomic E-state index is 9.92. The van der Waals surface area contributed by atoms with Gasteiger partial charge in [0, 0.05) is 12.1 Å². The Morgan fingerprint density at radius 3 is 1.82 bits per heavy atom. The van der Waals surface area contributed by atoms with E-state index < -0.39 is 0 Å². The number of rotatable bonds is 2. The largest absolute Gasteiger partial charge is 0.508 e. The minimum atomic E-state index is -0.197. The average molecular weight is 152 g/mol. The van der Waals surface area contributed by atoms with E-state index in [4.69, 9.17) is 5.11 Å². The van der Waals surface area contributed by atoms with Crippen molar-refractivity contribution < 1.29 is 5.11 Å². The third-order valence-electron chi connectivity index (χ3n) is 1.10. The van der Waals surface area contributed by atoms with Crippen molar-refractivity contribution in [1.29, 1.82) is 0 Å². The highest BCUT2D eigenvalue weighted by molar-refractivity contribution is 5.55. The fourth-order valence-corrected chi connectivity index (χ4v) is 0.685. The van der Waals surface area contributed by atoms with Gasteiger partial charge in [-0.05, 0) is 16.4 Å². The van der Waals surface area contributed by atoms with Crippen LogP contribution in [0.15, 0.2) is 28.6 Å². The van der Waals surface area contributed by atoms with Crippen molar-refractivity contribution in [2.45, 2.75) is 0 Å². The molecule has 1 rings (SSSR count). The van der Waals surface area contributed by atoms with Crippen molar-refractivity contribution in [3.63, 3.8) is 0 Å². The molecule has 0 fully saturated rings. The van der Waals surface area contributed by atoms with E-state index in [1.54, 1.807) is 0 Å². The topological polar surface area (TPSA) is 79.1 Å². The second-order valence-electron chi connectivity index (χ2n) is 1.89. The molecule has 1 N–H and O–H groups in total. The van der Waals surface area contributed by atoms with Crippen LogP contribution in [-0.2, 0) is 0 Å². The molecule has 0 saturated heterocycles. The number of aromatic hydroxyl groups is 1. The lowest BCUT2D eigenvalue weighted by molar-refractivity contribution is 0.476. The van der Waals surface area contributed by atoms with Gasteiger partial charge in [-0.1, -0.05) is 0 Å². The van der Waals surface area contributed by atoms with Crippen LogP contribution in [0.4, 0.5) is 11.4 Å². The summed E-state index contributed by atoms with van der Waals surface area (Å²) in [5.41, 5.74) is -0.0285. The van der Waals surface area contributed by atoms with E-state index >= 15 is 0 Å². The van der Waals surface area contributed by atoms with E-state index in [1.807, 2.05) is 0 Å². The highest BCUT2D eigenvalue weighted by Gasteiger charge is 1.99. The fourth-order valence-electron chi connectivity index (χ4n) is 0.685. The molecule has 0 aliphatic carbocycles. The molecule has 0 radical (unpaired) electrons. The van der Waals surface area contributed by atoms with E-state index in [9.17, 15) is 9.81 Å². The molecule has 0 aromatic heterocycles. The van der Waals surface area contributed by atoms with Crippen LogP contribution in [-0.4, -0.2) is 5.11 Å². The SMILES string of the molecule is O=Nc1cc(O)cc(N=O)c1. The number of nitrogens with zero attached hydrogens (tertiary/aromatic N) is 2. The molecule has 0 bridgehead atoms. The summed E-state index contributed by atoms with van der Waals surface area (Å²) in [6.07, 6.45) is 0. The highest BCUT2D eigenvalue weighted by atomic mass is 16.3. The first-order valence-corrected chi connectivity index (χ1v) is 2.77. The standard InChI is InChI=1S/C6H4N2O3/c9-6-2-4(7-10)1-5(3-6)8-11/h1-3,9H. The molecule has 0 saturated carbocycles. The van der Waals surface area contributed by atoms with Gasteiger partial charge in [-0.3, -0.25) is 0 Å². The molecule has 11 heavy (non-hydrogen) atoms. The molecule has 0 aliphatic heterocycles. The van der Waals surface area contributed by atoms with Gasteiger partial charge in [0.15, 0.2) is 0 Å². The minimum Gasteiger partial charge on any atom is -0.508 e. The fraction of sp³-hybridized carbons (Fsp3) is 0. The van der Waals surface area contributed by atoms with Gasteiger partial charge in [-0.25, -0.2) is 0 Å². The zero-order chi connectivity index (χ0) is 8.27. The van der Waals surface area contributed by atoms with Gasteiger partial charge in [0.05, 0.1) is 0 Å². The number of nitroso groups, excluding NO2 is 2. The van der Waals surface area contributed by atoms with Crippen LogP contribution in [0.3, 0.4) is 0 Å². The van der Waals surface area contributed by atoms with Crippen molar-refractivity contribution in [3.8, 4) is 5.75 Å². The Morgan fingerprint density at radius 2 is 1.45 bits per heavy atom. The van der Waals surface area contributed by atoms with Gasteiger partial charge >= 0.3 is 0 Å². The number of hydrogen-bond donors (Lipinski definition) is 1. The van der Waals surface area contributed by atoms with Crippen LogP contribution in [0.5, 0.6) is 5.75 Å². The zero-order valence-electron chi connectivity index (χ0n) is 5.39. The first-order valence-electron chi connectivity index (χ1n) is 2.77. The van der Waals surface area contributed by atoms with Gasteiger partial charge in [0.1, 0.15) is 17.1 Å². The Kier molecular flexibility index (Phi) is 1.91. The Bertz CT molecular complexity index is 272. The molecule has 0 aliphatic rings. The van der Waals surface area contributed by atoms with Crippen LogP contribution >= 0.6 is 0 Å². The van der Waals surface area contributed by atoms with Gasteiger partial charge in [0.25, 0.3) is 0 Å². The van der Waals surface area contributed by atoms with E-state index in [0.29, 0.717) is 0 Å². The monoisotopic (exact) mass is 152 g/mol. The molecule has 1 aromatic carbocycles. The molecule has 0 heterocycles. The normalized spacial score (nSPS) is 9.09. The number of phenolic OH excluding ortho intramolecular Hbond substituents is 1. The second kappa shape index (κ2) is 2.87. The smallest absolute Gasteiger partial charge is 0.120 e. The molecule has 5 nitrogen and oxygen atoms in total. The molecule has 0 spiro atoms. The maximum Gasteiger partial charge on any atom is 0.120 e. The Balaban J connectivity index is 3.21. The molecule has 56 valence electrons. The molecule has 1 aromatic rings. The van der Waals surface area contributed by atoms with E-state index in [-0.39, 0.29) is 17.1 Å². The van der Waals surface area contributed by atoms with Crippen LogP contribution in [0.2, 0.25) is 0 Å². The number of hydrogen-bond acceptors (Lipinski definition) is 5. The van der Waals surface area contributed by atoms with Gasteiger partial charge in [-0.15, -0.1) is 9.81 Å². The maximum atomic E-state index is 9.92. The first-order chi connectivity index (χ1) is 5.26. The Morgan fingerprint density at radius 1 is 1.00 bits per heavy atom. The summed E-state index contributed by atoms with van der Waals surface area (Å²) < 4.78 is 0. The van der Waals surface area contributed by atoms with Gasteiger partial charge < -0.3 is 5.11 Å². The van der Waals surface area contributed by atoms with E-state index in [2.05, 4.69) is 10.4 Å². The summed E-state index contributed by atoms with van der Waals surface area (Å²) in [7, 11) is 0. The van der Waals surface area contributed by atoms with Gasteiger partial charge in [0.2, 0.25) is 0 Å². The zero-order valence-corrected chi connectivity index (χ0v) is 5.39. The molecule has 0 amide bonds. The van der Waals surface area contributed by atoms with Crippen LogP contribution in [0, 0.1) is 9.81 Å². The number of benzene rings is 1. The summed E-state index contributed by atoms with van der Waals surface area (Å²) in [6, 6.07) is 3.46. The molecular weight excluding hydrogens is 148 g/mol. The van der Waals surface area contributed by atoms with Crippen LogP contribution in [0.1, 0.15) is 0 Å². The predicted molar refractivity (Wildman–Crippen MR) is 39.0 cm³/mol. The van der Waals surface area contributed by atoms with Gasteiger partial charge in [-0.2, -0.15) is 0 Å². The second-order valence-corrected chi connectivity index (χ2v) is 1.89. The van der Waals surface area contributed by atoms with Crippen molar-refractivity contribution in [2.24, 2.45) is 10.4 Å². The van der Waals surface area contributed by atoms with E-state index in [0.717, 1.165) is 12.1 Å². The molecule has 0 unspecified atom stereocenters. The van der Waals surface area contributed by atoms with Crippen molar-refractivity contribution in [1.82, 2.24) is 0 Å². The molecule has 5 heteroatoms. The lowest BCUT2D eigenvalue weighted by atomic mass is 10.3.